The van der Waals surface area contributed by atoms with Crippen molar-refractivity contribution in [2.24, 2.45) is 0 Å². The zero-order chi connectivity index (χ0) is 25.9. The van der Waals surface area contributed by atoms with Crippen molar-refractivity contribution in [2.45, 2.75) is 31.6 Å². The van der Waals surface area contributed by atoms with Crippen LogP contribution >= 0.6 is 11.6 Å². The molecular formula is C28H22ClF5N2. The molecule has 1 aromatic heterocycles. The predicted octanol–water partition coefficient (Wildman–Crippen LogP) is 7.62. The zero-order valence-electron chi connectivity index (χ0n) is 19.2. The molecule has 0 spiro atoms. The molecule has 186 valence electrons. The smallest absolute Gasteiger partial charge is 0.298 e. The lowest BCUT2D eigenvalue weighted by molar-refractivity contribution is -0.137. The van der Waals surface area contributed by atoms with E-state index in [1.165, 1.54) is 12.3 Å². The fraction of sp³-hybridized carbons (Fsp3) is 0.179. The molecule has 4 rings (SSSR count). The Morgan fingerprint density at radius 2 is 1.58 bits per heavy atom. The third-order valence-electron chi connectivity index (χ3n) is 5.98. The van der Waals surface area contributed by atoms with Crippen molar-refractivity contribution in [1.82, 2.24) is 10.3 Å². The van der Waals surface area contributed by atoms with E-state index in [9.17, 15) is 22.0 Å². The van der Waals surface area contributed by atoms with Crippen molar-refractivity contribution < 1.29 is 22.0 Å². The van der Waals surface area contributed by atoms with E-state index in [1.807, 2.05) is 25.1 Å². The maximum Gasteiger partial charge on any atom is 0.416 e. The normalized spacial score (nSPS) is 13.4. The Morgan fingerprint density at radius 1 is 0.861 bits per heavy atom. The molecular weight excluding hydrogens is 495 g/mol. The number of hydrogen-bond acceptors (Lipinski definition) is 2. The summed E-state index contributed by atoms with van der Waals surface area (Å²) in [6.07, 6.45) is -3.29. The Morgan fingerprint density at radius 3 is 2.25 bits per heavy atom. The van der Waals surface area contributed by atoms with Gasteiger partial charge in [-0.1, -0.05) is 59.6 Å². The van der Waals surface area contributed by atoms with Crippen molar-refractivity contribution in [3.8, 4) is 0 Å². The quantitative estimate of drug-likeness (QED) is 0.256. The maximum absolute atomic E-state index is 14.7. The molecule has 1 unspecified atom stereocenters. The van der Waals surface area contributed by atoms with Crippen LogP contribution in [0.5, 0.6) is 0 Å². The average Bonchev–Trinajstić information content (AvgIpc) is 2.84. The monoisotopic (exact) mass is 516 g/mol. The van der Waals surface area contributed by atoms with Gasteiger partial charge in [-0.15, -0.1) is 0 Å². The Kier molecular flexibility index (Phi) is 7.43. The Bertz CT molecular complexity index is 1340. The highest BCUT2D eigenvalue weighted by molar-refractivity contribution is 6.30. The molecule has 0 saturated heterocycles. The van der Waals surface area contributed by atoms with E-state index in [1.54, 1.807) is 36.4 Å². The van der Waals surface area contributed by atoms with Gasteiger partial charge >= 0.3 is 6.18 Å². The van der Waals surface area contributed by atoms with Crippen LogP contribution in [0.3, 0.4) is 0 Å². The number of benzene rings is 3. The lowest BCUT2D eigenvalue weighted by Crippen LogP contribution is -2.46. The minimum absolute atomic E-state index is 0.00145. The number of nitrogens with zero attached hydrogens (tertiary/aromatic N) is 1. The molecule has 1 heterocycles. The molecule has 0 aliphatic carbocycles. The summed E-state index contributed by atoms with van der Waals surface area (Å²) < 4.78 is 70.4. The molecule has 2 nitrogen and oxygen atoms in total. The standard InChI is InChI=1S/C28H22ClF5N2/c1-18-7-9-25(31)20(11-18)16-36-27(15-19-5-3-2-4-6-19,26-10-8-23(29)17-35-26)21-12-22(28(32,33)34)14-24(30)13-21/h2-14,17,36H,15-16H2,1H3. The molecule has 8 heteroatoms. The van der Waals surface area contributed by atoms with Crippen LogP contribution in [0.25, 0.3) is 0 Å². The summed E-state index contributed by atoms with van der Waals surface area (Å²) in [5, 5.41) is 3.57. The van der Waals surface area contributed by atoms with Gasteiger partial charge in [0.15, 0.2) is 0 Å². The third kappa shape index (κ3) is 5.74. The Labute approximate surface area is 210 Å². The van der Waals surface area contributed by atoms with Gasteiger partial charge in [0, 0.05) is 24.7 Å². The minimum atomic E-state index is -4.77. The van der Waals surface area contributed by atoms with Crippen LogP contribution in [0.2, 0.25) is 5.02 Å². The molecule has 0 radical (unpaired) electrons. The molecule has 0 amide bonds. The molecule has 3 aromatic carbocycles. The number of aromatic nitrogens is 1. The number of aryl methyl sites for hydroxylation is 1. The fourth-order valence-electron chi connectivity index (χ4n) is 4.21. The first-order valence-corrected chi connectivity index (χ1v) is 11.5. The Balaban J connectivity index is 1.94. The van der Waals surface area contributed by atoms with Crippen molar-refractivity contribution >= 4 is 11.6 Å². The van der Waals surface area contributed by atoms with Crippen molar-refractivity contribution in [2.75, 3.05) is 0 Å². The number of rotatable bonds is 7. The average molecular weight is 517 g/mol. The van der Waals surface area contributed by atoms with Gasteiger partial charge in [-0.25, -0.2) is 8.78 Å². The summed E-state index contributed by atoms with van der Waals surface area (Å²) in [5.74, 6) is -1.52. The van der Waals surface area contributed by atoms with E-state index in [-0.39, 0.29) is 18.5 Å². The summed E-state index contributed by atoms with van der Waals surface area (Å²) in [5.41, 5.74) is -0.393. The second-order valence-electron chi connectivity index (χ2n) is 8.60. The van der Waals surface area contributed by atoms with Crippen LogP contribution in [0.15, 0.2) is 85.1 Å². The molecule has 1 N–H and O–H groups in total. The lowest BCUT2D eigenvalue weighted by Gasteiger charge is -2.36. The third-order valence-corrected chi connectivity index (χ3v) is 6.20. The minimum Gasteiger partial charge on any atom is -0.298 e. The van der Waals surface area contributed by atoms with E-state index in [0.717, 1.165) is 23.3 Å². The maximum atomic E-state index is 14.7. The first kappa shape index (κ1) is 25.8. The number of halogens is 6. The Hall–Kier alpha value is -3.29. The van der Waals surface area contributed by atoms with Gasteiger partial charge in [0.05, 0.1) is 21.8 Å². The number of pyridine rings is 1. The van der Waals surface area contributed by atoms with Crippen LogP contribution in [0.4, 0.5) is 22.0 Å². The molecule has 1 atom stereocenters. The molecule has 0 bridgehead atoms. The van der Waals surface area contributed by atoms with Gasteiger partial charge in [0.1, 0.15) is 11.6 Å². The number of nitrogens with one attached hydrogen (secondary N) is 1. The highest BCUT2D eigenvalue weighted by atomic mass is 35.5. The fourth-order valence-corrected chi connectivity index (χ4v) is 4.32. The van der Waals surface area contributed by atoms with Crippen molar-refractivity contribution in [3.05, 3.63) is 135 Å². The summed E-state index contributed by atoms with van der Waals surface area (Å²) in [6, 6.07) is 19.2. The zero-order valence-corrected chi connectivity index (χ0v) is 20.0. The van der Waals surface area contributed by atoms with Gasteiger partial charge < -0.3 is 0 Å². The molecule has 0 fully saturated rings. The second kappa shape index (κ2) is 10.4. The van der Waals surface area contributed by atoms with Gasteiger partial charge in [-0.2, -0.15) is 13.2 Å². The van der Waals surface area contributed by atoms with Crippen molar-refractivity contribution in [1.29, 1.82) is 0 Å². The SMILES string of the molecule is Cc1ccc(F)c(CNC(Cc2ccccc2)(c2cc(F)cc(C(F)(F)F)c2)c2ccc(Cl)cn2)c1. The van der Waals surface area contributed by atoms with Crippen LogP contribution < -0.4 is 5.32 Å². The van der Waals surface area contributed by atoms with Crippen LogP contribution in [-0.4, -0.2) is 4.98 Å². The highest BCUT2D eigenvalue weighted by Crippen LogP contribution is 2.38. The van der Waals surface area contributed by atoms with Crippen LogP contribution in [0, 0.1) is 18.6 Å². The van der Waals surface area contributed by atoms with E-state index in [4.69, 9.17) is 11.6 Å². The van der Waals surface area contributed by atoms with E-state index in [0.29, 0.717) is 22.3 Å². The van der Waals surface area contributed by atoms with Crippen molar-refractivity contribution in [3.63, 3.8) is 0 Å². The van der Waals surface area contributed by atoms with Gasteiger partial charge in [-0.05, 0) is 54.4 Å². The summed E-state index contributed by atoms with van der Waals surface area (Å²) in [4.78, 5) is 4.41. The summed E-state index contributed by atoms with van der Waals surface area (Å²) in [6.45, 7) is 1.76. The van der Waals surface area contributed by atoms with Gasteiger partial charge in [0.25, 0.3) is 0 Å². The van der Waals surface area contributed by atoms with Gasteiger partial charge in [0.2, 0.25) is 0 Å². The second-order valence-corrected chi connectivity index (χ2v) is 9.04. The number of hydrogen-bond donors (Lipinski definition) is 1. The first-order chi connectivity index (χ1) is 17.1. The highest BCUT2D eigenvalue weighted by Gasteiger charge is 2.39. The molecule has 0 aliphatic heterocycles. The molecule has 36 heavy (non-hydrogen) atoms. The largest absolute Gasteiger partial charge is 0.416 e. The van der Waals surface area contributed by atoms with Gasteiger partial charge in [-0.3, -0.25) is 10.3 Å². The van der Waals surface area contributed by atoms with Crippen LogP contribution in [-0.2, 0) is 24.7 Å². The number of alkyl halides is 3. The van der Waals surface area contributed by atoms with E-state index >= 15 is 0 Å². The van der Waals surface area contributed by atoms with Crippen LogP contribution in [0.1, 0.15) is 33.5 Å². The molecule has 0 aliphatic rings. The van der Waals surface area contributed by atoms with E-state index < -0.39 is 28.9 Å². The summed E-state index contributed by atoms with van der Waals surface area (Å²) in [7, 11) is 0. The predicted molar refractivity (Wildman–Crippen MR) is 130 cm³/mol. The van der Waals surface area contributed by atoms with E-state index in [2.05, 4.69) is 10.3 Å². The first-order valence-electron chi connectivity index (χ1n) is 11.1. The topological polar surface area (TPSA) is 24.9 Å². The summed E-state index contributed by atoms with van der Waals surface area (Å²) >= 11 is 6.05. The molecule has 0 saturated carbocycles. The lowest BCUT2D eigenvalue weighted by atomic mass is 9.79. The molecule has 4 aromatic rings.